The first kappa shape index (κ1) is 22.7. The Balaban J connectivity index is 1.69. The summed E-state index contributed by atoms with van der Waals surface area (Å²) >= 11 is 8.76. The van der Waals surface area contributed by atoms with Crippen LogP contribution in [-0.2, 0) is 16.2 Å². The van der Waals surface area contributed by atoms with Gasteiger partial charge >= 0.3 is 0 Å². The number of methoxy groups -OCH3 is 1. The van der Waals surface area contributed by atoms with Gasteiger partial charge in [0.25, 0.3) is 11.8 Å². The quantitative estimate of drug-likeness (QED) is 0.284. The van der Waals surface area contributed by atoms with Crippen LogP contribution in [0.15, 0.2) is 82.8 Å². The Kier molecular flexibility index (Phi) is 6.86. The minimum absolute atomic E-state index is 0.0356. The van der Waals surface area contributed by atoms with Crippen molar-refractivity contribution in [2.24, 2.45) is 0 Å². The van der Waals surface area contributed by atoms with Crippen LogP contribution in [0.25, 0.3) is 6.08 Å². The topological polar surface area (TPSA) is 67.9 Å². The molecule has 0 aromatic heterocycles. The van der Waals surface area contributed by atoms with Gasteiger partial charge in [0.05, 0.1) is 12.8 Å². The number of amides is 2. The van der Waals surface area contributed by atoms with Gasteiger partial charge in [0, 0.05) is 21.7 Å². The third-order valence-corrected chi connectivity index (χ3v) is 6.04. The van der Waals surface area contributed by atoms with Crippen LogP contribution in [0, 0.1) is 0 Å². The maximum atomic E-state index is 13.2. The Morgan fingerprint density at radius 3 is 2.48 bits per heavy atom. The van der Waals surface area contributed by atoms with E-state index in [2.05, 4.69) is 21.2 Å². The molecule has 6 nitrogen and oxygen atoms in total. The van der Waals surface area contributed by atoms with Crippen molar-refractivity contribution in [3.8, 4) is 11.5 Å². The van der Waals surface area contributed by atoms with Gasteiger partial charge < -0.3 is 9.47 Å². The molecular formula is C25H19BrN2O4S. The molecule has 0 aliphatic carbocycles. The Hall–Kier alpha value is -3.49. The van der Waals surface area contributed by atoms with Gasteiger partial charge in [-0.15, -0.1) is 0 Å². The molecule has 166 valence electrons. The Labute approximate surface area is 204 Å². The van der Waals surface area contributed by atoms with Gasteiger partial charge in [0.15, 0.2) is 5.11 Å². The van der Waals surface area contributed by atoms with E-state index < -0.39 is 11.8 Å². The summed E-state index contributed by atoms with van der Waals surface area (Å²) in [6.45, 7) is 0.283. The van der Waals surface area contributed by atoms with Gasteiger partial charge in [0.1, 0.15) is 23.7 Å². The average molecular weight is 523 g/mol. The van der Waals surface area contributed by atoms with Crippen LogP contribution in [0.5, 0.6) is 11.5 Å². The summed E-state index contributed by atoms with van der Waals surface area (Å²) in [6.07, 6.45) is 1.50. The SMILES string of the molecule is COc1ccc(/C=C2/C(=O)NC(=S)N(c3ccccc3)C2=O)c(OCc2ccccc2Br)c1. The standard InChI is InChI=1S/C25H19BrN2O4S/c1-31-19-12-11-16(22(14-19)32-15-17-7-5-6-10-21(17)26)13-20-23(29)27-25(33)28(24(20)30)18-8-3-2-4-9-18/h2-14H,15H2,1H3,(H,27,29,33)/b20-13-. The molecule has 3 aromatic carbocycles. The molecule has 1 saturated heterocycles. The third-order valence-electron chi connectivity index (χ3n) is 4.98. The molecule has 1 N–H and O–H groups in total. The fraction of sp³-hybridized carbons (Fsp3) is 0.0800. The van der Waals surface area contributed by atoms with Crippen molar-refractivity contribution in [2.45, 2.75) is 6.61 Å². The number of nitrogens with zero attached hydrogens (tertiary/aromatic N) is 1. The molecule has 0 bridgehead atoms. The van der Waals surface area contributed by atoms with Gasteiger partial charge in [-0.3, -0.25) is 19.8 Å². The van der Waals surface area contributed by atoms with E-state index in [-0.39, 0.29) is 17.3 Å². The fourth-order valence-corrected chi connectivity index (χ4v) is 3.96. The minimum Gasteiger partial charge on any atom is -0.497 e. The van der Waals surface area contributed by atoms with Crippen LogP contribution < -0.4 is 19.7 Å². The molecule has 33 heavy (non-hydrogen) atoms. The predicted molar refractivity (Wildman–Crippen MR) is 134 cm³/mol. The molecule has 1 heterocycles. The molecule has 0 unspecified atom stereocenters. The number of hydrogen-bond donors (Lipinski definition) is 1. The van der Waals surface area contributed by atoms with Crippen molar-refractivity contribution >= 4 is 56.8 Å². The highest BCUT2D eigenvalue weighted by Gasteiger charge is 2.34. The lowest BCUT2D eigenvalue weighted by atomic mass is 10.1. The lowest BCUT2D eigenvalue weighted by molar-refractivity contribution is -0.122. The summed E-state index contributed by atoms with van der Waals surface area (Å²) in [7, 11) is 1.56. The van der Waals surface area contributed by atoms with Gasteiger partial charge in [-0.1, -0.05) is 52.3 Å². The number of para-hydroxylation sites is 1. The van der Waals surface area contributed by atoms with Crippen LogP contribution in [0.3, 0.4) is 0 Å². The van der Waals surface area contributed by atoms with E-state index in [4.69, 9.17) is 21.7 Å². The van der Waals surface area contributed by atoms with Crippen molar-refractivity contribution in [2.75, 3.05) is 12.0 Å². The Bertz CT molecular complexity index is 1260. The molecular weight excluding hydrogens is 504 g/mol. The van der Waals surface area contributed by atoms with Crippen LogP contribution in [0.2, 0.25) is 0 Å². The van der Waals surface area contributed by atoms with Crippen molar-refractivity contribution in [1.82, 2.24) is 5.32 Å². The molecule has 0 spiro atoms. The maximum Gasteiger partial charge on any atom is 0.270 e. The number of nitrogens with one attached hydrogen (secondary N) is 1. The highest BCUT2D eigenvalue weighted by molar-refractivity contribution is 9.10. The highest BCUT2D eigenvalue weighted by atomic mass is 79.9. The molecule has 3 aromatic rings. The zero-order valence-corrected chi connectivity index (χ0v) is 20.0. The van der Waals surface area contributed by atoms with Crippen LogP contribution in [-0.4, -0.2) is 24.0 Å². The van der Waals surface area contributed by atoms with E-state index in [1.807, 2.05) is 30.3 Å². The number of benzene rings is 3. The molecule has 1 aliphatic heterocycles. The Morgan fingerprint density at radius 2 is 1.76 bits per heavy atom. The first-order valence-electron chi connectivity index (χ1n) is 9.98. The van der Waals surface area contributed by atoms with E-state index in [0.717, 1.165) is 10.0 Å². The summed E-state index contributed by atoms with van der Waals surface area (Å²) in [5, 5.41) is 2.63. The van der Waals surface area contributed by atoms with Crippen molar-refractivity contribution in [3.63, 3.8) is 0 Å². The number of hydrogen-bond acceptors (Lipinski definition) is 5. The number of rotatable bonds is 6. The maximum absolute atomic E-state index is 13.2. The molecule has 0 atom stereocenters. The normalized spacial score (nSPS) is 14.9. The second-order valence-corrected chi connectivity index (χ2v) is 8.32. The van der Waals surface area contributed by atoms with E-state index >= 15 is 0 Å². The first-order valence-corrected chi connectivity index (χ1v) is 11.2. The Morgan fingerprint density at radius 1 is 1.03 bits per heavy atom. The van der Waals surface area contributed by atoms with Gasteiger partial charge in [-0.25, -0.2) is 0 Å². The van der Waals surface area contributed by atoms with Crippen molar-refractivity contribution in [1.29, 1.82) is 0 Å². The molecule has 4 rings (SSSR count). The third kappa shape index (κ3) is 4.97. The largest absolute Gasteiger partial charge is 0.497 e. The number of anilines is 1. The number of carbonyl (C=O) groups excluding carboxylic acids is 2. The second kappa shape index (κ2) is 9.97. The van der Waals surface area contributed by atoms with Crippen LogP contribution in [0.1, 0.15) is 11.1 Å². The van der Waals surface area contributed by atoms with Gasteiger partial charge in [-0.05, 0) is 48.6 Å². The average Bonchev–Trinajstić information content (AvgIpc) is 2.82. The van der Waals surface area contributed by atoms with Gasteiger partial charge in [0.2, 0.25) is 0 Å². The minimum atomic E-state index is -0.565. The van der Waals surface area contributed by atoms with Crippen molar-refractivity contribution in [3.05, 3.63) is 94.0 Å². The zero-order valence-electron chi connectivity index (χ0n) is 17.6. The van der Waals surface area contributed by atoms with E-state index in [1.54, 1.807) is 49.6 Å². The monoisotopic (exact) mass is 522 g/mol. The summed E-state index contributed by atoms with van der Waals surface area (Å²) in [4.78, 5) is 27.2. The van der Waals surface area contributed by atoms with E-state index in [1.165, 1.54) is 11.0 Å². The highest BCUT2D eigenvalue weighted by Crippen LogP contribution is 2.30. The molecule has 2 amide bonds. The molecule has 1 aliphatic rings. The molecule has 8 heteroatoms. The van der Waals surface area contributed by atoms with Crippen LogP contribution >= 0.6 is 28.1 Å². The lowest BCUT2D eigenvalue weighted by Crippen LogP contribution is -2.54. The smallest absolute Gasteiger partial charge is 0.270 e. The lowest BCUT2D eigenvalue weighted by Gasteiger charge is -2.29. The molecule has 0 saturated carbocycles. The summed E-state index contributed by atoms with van der Waals surface area (Å²) < 4.78 is 12.3. The van der Waals surface area contributed by atoms with Crippen LogP contribution in [0.4, 0.5) is 5.69 Å². The number of thiocarbonyl (C=S) groups is 1. The fourth-order valence-electron chi connectivity index (χ4n) is 3.28. The molecule has 1 fully saturated rings. The number of ether oxygens (including phenoxy) is 2. The number of carbonyl (C=O) groups is 2. The number of halogens is 1. The van der Waals surface area contributed by atoms with E-state index in [9.17, 15) is 9.59 Å². The zero-order chi connectivity index (χ0) is 23.4. The summed E-state index contributed by atoms with van der Waals surface area (Å²) in [6, 6.07) is 21.8. The van der Waals surface area contributed by atoms with E-state index in [0.29, 0.717) is 22.7 Å². The predicted octanol–water partition coefficient (Wildman–Crippen LogP) is 4.87. The summed E-state index contributed by atoms with van der Waals surface area (Å²) in [5.74, 6) is -0.0179. The van der Waals surface area contributed by atoms with Gasteiger partial charge in [-0.2, -0.15) is 0 Å². The second-order valence-electron chi connectivity index (χ2n) is 7.08. The molecule has 0 radical (unpaired) electrons. The van der Waals surface area contributed by atoms with Crippen molar-refractivity contribution < 1.29 is 19.1 Å². The first-order chi connectivity index (χ1) is 16.0. The summed E-state index contributed by atoms with van der Waals surface area (Å²) in [5.41, 5.74) is 2.02.